The van der Waals surface area contributed by atoms with E-state index in [4.69, 9.17) is 28.9 Å². The molecule has 0 fully saturated rings. The van der Waals surface area contributed by atoms with Crippen LogP contribution in [-0.2, 0) is 9.84 Å². The third kappa shape index (κ3) is 5.11. The number of sulfone groups is 1. The molecule has 0 aliphatic heterocycles. The molecule has 1 aromatic heterocycles. The maximum atomic E-state index is 12.9. The Bertz CT molecular complexity index is 1500. The second-order valence-electron chi connectivity index (χ2n) is 7.56. The fraction of sp³-hybridized carbons (Fsp3) is 0.174. The Hall–Kier alpha value is -2.79. The Labute approximate surface area is 208 Å². The Balaban J connectivity index is 1.76. The van der Waals surface area contributed by atoms with Gasteiger partial charge in [0, 0.05) is 11.1 Å². The van der Waals surface area contributed by atoms with E-state index in [-0.39, 0.29) is 37.3 Å². The van der Waals surface area contributed by atoms with Crippen LogP contribution in [0.5, 0.6) is 5.75 Å². The Kier molecular flexibility index (Phi) is 6.76. The highest BCUT2D eigenvalue weighted by atomic mass is 35.5. The number of H-pyrrole nitrogens is 1. The smallest absolute Gasteiger partial charge is 0.405 e. The summed E-state index contributed by atoms with van der Waals surface area (Å²) in [5.41, 5.74) is 7.78. The van der Waals surface area contributed by atoms with Crippen molar-refractivity contribution in [3.63, 3.8) is 0 Å². The Morgan fingerprint density at radius 3 is 2.40 bits per heavy atom. The predicted molar refractivity (Wildman–Crippen MR) is 128 cm³/mol. The summed E-state index contributed by atoms with van der Waals surface area (Å²) >= 11 is 13.0. The molecule has 0 spiro atoms. The first-order valence-electron chi connectivity index (χ1n) is 10.2. The van der Waals surface area contributed by atoms with Gasteiger partial charge in [-0.3, -0.25) is 0 Å². The molecular weight excluding hydrogens is 526 g/mol. The van der Waals surface area contributed by atoms with Crippen molar-refractivity contribution in [2.75, 3.05) is 5.75 Å². The van der Waals surface area contributed by atoms with Gasteiger partial charge in [-0.1, -0.05) is 60.5 Å². The van der Waals surface area contributed by atoms with Gasteiger partial charge in [-0.15, -0.1) is 13.2 Å². The third-order valence-corrected chi connectivity index (χ3v) is 7.76. The maximum Gasteiger partial charge on any atom is 0.573 e. The van der Waals surface area contributed by atoms with Crippen LogP contribution in [0.1, 0.15) is 24.4 Å². The van der Waals surface area contributed by atoms with Crippen LogP contribution in [0.4, 0.5) is 13.2 Å². The van der Waals surface area contributed by atoms with E-state index in [9.17, 15) is 21.6 Å². The maximum absolute atomic E-state index is 12.9. The summed E-state index contributed by atoms with van der Waals surface area (Å²) in [6.07, 6.45) is -4.91. The van der Waals surface area contributed by atoms with E-state index >= 15 is 0 Å². The molecule has 184 valence electrons. The molecule has 4 aromatic rings. The van der Waals surface area contributed by atoms with Gasteiger partial charge in [0.05, 0.1) is 32.3 Å². The number of hydrogen-bond acceptors (Lipinski definition) is 5. The second-order valence-corrected chi connectivity index (χ2v) is 10.6. The van der Waals surface area contributed by atoms with Gasteiger partial charge in [-0.25, -0.2) is 13.4 Å². The molecule has 0 bridgehead atoms. The lowest BCUT2D eigenvalue weighted by molar-refractivity contribution is -0.274. The van der Waals surface area contributed by atoms with Crippen molar-refractivity contribution in [1.29, 1.82) is 0 Å². The van der Waals surface area contributed by atoms with E-state index < -0.39 is 28.0 Å². The molecule has 0 amide bonds. The molecule has 0 saturated carbocycles. The molecule has 3 aromatic carbocycles. The summed E-state index contributed by atoms with van der Waals surface area (Å²) in [5.74, 6) is -0.181. The number of hydrogen-bond donors (Lipinski definition) is 2. The number of para-hydroxylation sites is 1. The summed E-state index contributed by atoms with van der Waals surface area (Å²) in [6, 6.07) is 12.3. The molecule has 0 radical (unpaired) electrons. The van der Waals surface area contributed by atoms with Gasteiger partial charge in [0.15, 0.2) is 9.84 Å². The summed E-state index contributed by atoms with van der Waals surface area (Å²) in [6.45, 7) is 1.56. The number of nitrogens with two attached hydrogens (primary N) is 1. The molecule has 6 nitrogen and oxygen atoms in total. The highest BCUT2D eigenvalue weighted by Crippen LogP contribution is 2.44. The number of nitrogens with zero attached hydrogens (tertiary/aromatic N) is 1. The Morgan fingerprint density at radius 2 is 1.77 bits per heavy atom. The van der Waals surface area contributed by atoms with E-state index in [0.717, 1.165) is 6.07 Å². The number of aromatic amines is 1. The molecule has 1 unspecified atom stereocenters. The SMILES string of the molecule is CCS(=O)(=O)c1ccc(C(N)c2nc3c(Cl)c(-c4ccccc4OC(F)(F)F)c(Cl)cc3[nH]2)cc1. The highest BCUT2D eigenvalue weighted by Gasteiger charge is 2.33. The molecule has 1 heterocycles. The molecule has 4 rings (SSSR count). The molecule has 1 atom stereocenters. The van der Waals surface area contributed by atoms with E-state index in [1.165, 1.54) is 36.4 Å². The van der Waals surface area contributed by atoms with Crippen LogP contribution in [0, 0.1) is 0 Å². The van der Waals surface area contributed by atoms with E-state index in [1.807, 2.05) is 0 Å². The molecular formula is C23H18Cl2F3N3O3S. The zero-order chi connectivity index (χ0) is 25.5. The van der Waals surface area contributed by atoms with Crippen LogP contribution in [-0.4, -0.2) is 30.5 Å². The molecule has 3 N–H and O–H groups in total. The van der Waals surface area contributed by atoms with Crippen molar-refractivity contribution in [1.82, 2.24) is 9.97 Å². The van der Waals surface area contributed by atoms with Crippen LogP contribution in [0.2, 0.25) is 10.0 Å². The van der Waals surface area contributed by atoms with Gasteiger partial charge in [-0.05, 0) is 29.8 Å². The fourth-order valence-electron chi connectivity index (χ4n) is 3.59. The average molecular weight is 544 g/mol. The minimum atomic E-state index is -4.91. The van der Waals surface area contributed by atoms with E-state index in [0.29, 0.717) is 16.9 Å². The first-order chi connectivity index (χ1) is 16.4. The summed E-state index contributed by atoms with van der Waals surface area (Å²) in [5, 5.41) is 0.100. The van der Waals surface area contributed by atoms with Crippen molar-refractivity contribution in [3.05, 3.63) is 76.0 Å². The van der Waals surface area contributed by atoms with Crippen molar-refractivity contribution >= 4 is 44.1 Å². The number of alkyl halides is 3. The van der Waals surface area contributed by atoms with Crippen LogP contribution >= 0.6 is 23.2 Å². The van der Waals surface area contributed by atoms with E-state index in [1.54, 1.807) is 19.1 Å². The van der Waals surface area contributed by atoms with Crippen molar-refractivity contribution in [2.45, 2.75) is 24.2 Å². The van der Waals surface area contributed by atoms with Crippen LogP contribution in [0.15, 0.2) is 59.5 Å². The highest BCUT2D eigenvalue weighted by molar-refractivity contribution is 7.91. The molecule has 35 heavy (non-hydrogen) atoms. The molecule has 0 aliphatic carbocycles. The predicted octanol–water partition coefficient (Wildman–Crippen LogP) is 6.28. The number of halogens is 5. The second kappa shape index (κ2) is 9.34. The molecule has 0 aliphatic rings. The van der Waals surface area contributed by atoms with Gasteiger partial charge in [0.25, 0.3) is 0 Å². The van der Waals surface area contributed by atoms with Crippen molar-refractivity contribution in [3.8, 4) is 16.9 Å². The molecule has 0 saturated heterocycles. The third-order valence-electron chi connectivity index (χ3n) is 5.34. The lowest BCUT2D eigenvalue weighted by Crippen LogP contribution is -2.17. The number of fused-ring (bicyclic) bond motifs is 1. The minimum absolute atomic E-state index is 0.0183. The zero-order valence-electron chi connectivity index (χ0n) is 18.0. The largest absolute Gasteiger partial charge is 0.573 e. The minimum Gasteiger partial charge on any atom is -0.405 e. The summed E-state index contributed by atoms with van der Waals surface area (Å²) < 4.78 is 66.9. The van der Waals surface area contributed by atoms with Crippen LogP contribution in [0.25, 0.3) is 22.2 Å². The zero-order valence-corrected chi connectivity index (χ0v) is 20.4. The number of rotatable bonds is 6. The number of nitrogens with one attached hydrogen (secondary N) is 1. The van der Waals surface area contributed by atoms with Gasteiger partial charge >= 0.3 is 6.36 Å². The lowest BCUT2D eigenvalue weighted by atomic mass is 10.0. The first-order valence-corrected chi connectivity index (χ1v) is 12.6. The summed E-state index contributed by atoms with van der Waals surface area (Å²) in [4.78, 5) is 7.66. The monoisotopic (exact) mass is 543 g/mol. The fourth-order valence-corrected chi connectivity index (χ4v) is 5.17. The Morgan fingerprint density at radius 1 is 1.11 bits per heavy atom. The van der Waals surface area contributed by atoms with E-state index in [2.05, 4.69) is 14.7 Å². The van der Waals surface area contributed by atoms with Crippen molar-refractivity contribution in [2.24, 2.45) is 5.73 Å². The number of imidazole rings is 1. The van der Waals surface area contributed by atoms with Gasteiger partial charge in [-0.2, -0.15) is 0 Å². The topological polar surface area (TPSA) is 98.1 Å². The van der Waals surface area contributed by atoms with Crippen LogP contribution < -0.4 is 10.5 Å². The van der Waals surface area contributed by atoms with Gasteiger partial charge < -0.3 is 15.5 Å². The van der Waals surface area contributed by atoms with Crippen LogP contribution in [0.3, 0.4) is 0 Å². The normalized spacial score (nSPS) is 13.2. The standard InChI is InChI=1S/C23H18Cl2F3N3O3S/c1-2-35(32,33)13-9-7-12(8-10-13)20(29)22-30-16-11-15(24)18(19(25)21(16)31-22)14-5-3-4-6-17(14)34-23(26,27)28/h3-11,20H,2,29H2,1H3,(H,30,31). The molecule has 12 heteroatoms. The van der Waals surface area contributed by atoms with Gasteiger partial charge in [0.2, 0.25) is 0 Å². The number of aromatic nitrogens is 2. The number of benzene rings is 3. The lowest BCUT2D eigenvalue weighted by Gasteiger charge is -2.15. The quantitative estimate of drug-likeness (QED) is 0.298. The first kappa shape index (κ1) is 25.3. The van der Waals surface area contributed by atoms with Crippen molar-refractivity contribution < 1.29 is 26.3 Å². The average Bonchev–Trinajstić information content (AvgIpc) is 3.23. The summed E-state index contributed by atoms with van der Waals surface area (Å²) in [7, 11) is -3.36. The van der Waals surface area contributed by atoms with Gasteiger partial charge in [0.1, 0.15) is 17.1 Å². The number of ether oxygens (including phenoxy) is 1.